The van der Waals surface area contributed by atoms with Crippen molar-refractivity contribution < 1.29 is 22.9 Å². The Balaban J connectivity index is 1.84. The van der Waals surface area contributed by atoms with Gasteiger partial charge in [0.25, 0.3) is 15.7 Å². The first-order valence-corrected chi connectivity index (χ1v) is 16.5. The van der Waals surface area contributed by atoms with Crippen molar-refractivity contribution in [3.63, 3.8) is 0 Å². The van der Waals surface area contributed by atoms with Gasteiger partial charge in [-0.25, -0.2) is 8.42 Å². The van der Waals surface area contributed by atoms with E-state index in [0.29, 0.717) is 17.0 Å². The van der Waals surface area contributed by atoms with Crippen LogP contribution in [0.3, 0.4) is 0 Å². The van der Waals surface area contributed by atoms with E-state index in [4.69, 9.17) is 11.6 Å². The van der Waals surface area contributed by atoms with Gasteiger partial charge in [0.2, 0.25) is 11.8 Å². The molecule has 0 spiro atoms. The summed E-state index contributed by atoms with van der Waals surface area (Å²) in [6.07, 6.45) is 0.791. The van der Waals surface area contributed by atoms with Crippen molar-refractivity contribution in [3.05, 3.63) is 135 Å². The lowest BCUT2D eigenvalue weighted by molar-refractivity contribution is -0.384. The normalized spacial score (nSPS) is 12.5. The average Bonchev–Trinajstić information content (AvgIpc) is 3.06. The number of anilines is 1. The number of benzene rings is 4. The maximum Gasteiger partial charge on any atom is 0.271 e. The van der Waals surface area contributed by atoms with Gasteiger partial charge >= 0.3 is 0 Å². The number of carbonyl (C=O) groups is 2. The van der Waals surface area contributed by atoms with Crippen LogP contribution in [0.1, 0.15) is 31.4 Å². The number of sulfonamides is 1. The molecule has 0 aliphatic carbocycles. The molecule has 0 aromatic heterocycles. The Hall–Kier alpha value is -4.74. The van der Waals surface area contributed by atoms with Crippen LogP contribution in [0, 0.1) is 10.1 Å². The van der Waals surface area contributed by atoms with E-state index in [0.717, 1.165) is 15.9 Å². The molecular weight excluding hydrogens is 628 g/mol. The van der Waals surface area contributed by atoms with E-state index in [9.17, 15) is 28.1 Å². The van der Waals surface area contributed by atoms with E-state index in [1.54, 1.807) is 42.5 Å². The van der Waals surface area contributed by atoms with Gasteiger partial charge in [-0.15, -0.1) is 0 Å². The smallest absolute Gasteiger partial charge is 0.271 e. The van der Waals surface area contributed by atoms with Gasteiger partial charge in [0.05, 0.1) is 15.5 Å². The highest BCUT2D eigenvalue weighted by Crippen LogP contribution is 2.28. The second kappa shape index (κ2) is 15.5. The number of rotatable bonds is 14. The molecule has 10 nitrogen and oxygen atoms in total. The van der Waals surface area contributed by atoms with Crippen molar-refractivity contribution in [2.24, 2.45) is 0 Å². The minimum atomic E-state index is -4.40. The number of non-ortho nitro benzene ring substituents is 1. The first kappa shape index (κ1) is 34.1. The molecule has 4 aromatic rings. The Bertz CT molecular complexity index is 1770. The Kier molecular flexibility index (Phi) is 11.5. The highest BCUT2D eigenvalue weighted by molar-refractivity contribution is 7.92. The van der Waals surface area contributed by atoms with Crippen LogP contribution in [0.15, 0.2) is 114 Å². The van der Waals surface area contributed by atoms with Crippen LogP contribution < -0.4 is 9.62 Å². The number of hydrogen-bond donors (Lipinski definition) is 1. The highest BCUT2D eigenvalue weighted by atomic mass is 35.5. The minimum absolute atomic E-state index is 0.0761. The van der Waals surface area contributed by atoms with Crippen LogP contribution in [0.25, 0.3) is 0 Å². The number of nitrogens with one attached hydrogen (secondary N) is 1. The molecule has 2 amide bonds. The second-order valence-corrected chi connectivity index (χ2v) is 13.0. The van der Waals surface area contributed by atoms with Gasteiger partial charge in [-0.05, 0) is 48.7 Å². The quantitative estimate of drug-likeness (QED) is 0.130. The van der Waals surface area contributed by atoms with E-state index in [-0.39, 0.29) is 35.3 Å². The summed E-state index contributed by atoms with van der Waals surface area (Å²) in [7, 11) is -4.40. The molecule has 0 saturated carbocycles. The number of hydrogen-bond acceptors (Lipinski definition) is 6. The first-order chi connectivity index (χ1) is 22.0. The number of nitro benzene ring substituents is 1. The molecule has 0 aliphatic rings. The first-order valence-electron chi connectivity index (χ1n) is 14.7. The number of nitrogens with zero attached hydrogens (tertiary/aromatic N) is 3. The summed E-state index contributed by atoms with van der Waals surface area (Å²) in [5.74, 6) is -1.11. The molecule has 4 rings (SSSR count). The third-order valence-electron chi connectivity index (χ3n) is 7.51. The molecule has 0 radical (unpaired) electrons. The zero-order valence-corrected chi connectivity index (χ0v) is 27.0. The monoisotopic (exact) mass is 662 g/mol. The lowest BCUT2D eigenvalue weighted by Gasteiger charge is -2.34. The van der Waals surface area contributed by atoms with E-state index in [1.807, 2.05) is 44.2 Å². The van der Waals surface area contributed by atoms with Crippen molar-refractivity contribution in [2.75, 3.05) is 10.8 Å². The topological polar surface area (TPSA) is 130 Å². The summed E-state index contributed by atoms with van der Waals surface area (Å²) < 4.78 is 28.9. The van der Waals surface area contributed by atoms with Gasteiger partial charge in [-0.2, -0.15) is 0 Å². The van der Waals surface area contributed by atoms with Gasteiger partial charge in [0.1, 0.15) is 12.6 Å². The lowest BCUT2D eigenvalue weighted by Crippen LogP contribution is -2.54. The third-order valence-corrected chi connectivity index (χ3v) is 9.67. The largest absolute Gasteiger partial charge is 0.352 e. The average molecular weight is 663 g/mol. The maximum atomic E-state index is 14.5. The van der Waals surface area contributed by atoms with Gasteiger partial charge in [0.15, 0.2) is 0 Å². The van der Waals surface area contributed by atoms with Gasteiger partial charge in [-0.3, -0.25) is 24.0 Å². The molecule has 0 unspecified atom stereocenters. The van der Waals surface area contributed by atoms with Gasteiger partial charge < -0.3 is 10.2 Å². The van der Waals surface area contributed by atoms with E-state index in [2.05, 4.69) is 5.32 Å². The van der Waals surface area contributed by atoms with Crippen molar-refractivity contribution in [3.8, 4) is 0 Å². The molecule has 2 atom stereocenters. The van der Waals surface area contributed by atoms with Crippen LogP contribution in [0.5, 0.6) is 0 Å². The Morgan fingerprint density at radius 2 is 1.54 bits per heavy atom. The predicted molar refractivity (Wildman–Crippen MR) is 178 cm³/mol. The van der Waals surface area contributed by atoms with E-state index >= 15 is 0 Å². The third kappa shape index (κ3) is 8.49. The number of amides is 2. The SMILES string of the molecule is CC[C@@H](C)NC(=O)[C@H](Cc1ccccc1)N(Cc1ccccc1Cl)C(=O)CN(c1cccc([N+](=O)[O-])c1)S(=O)(=O)c1ccccc1. The Morgan fingerprint density at radius 3 is 2.17 bits per heavy atom. The number of carbonyl (C=O) groups excluding carboxylic acids is 2. The molecule has 0 heterocycles. The van der Waals surface area contributed by atoms with Crippen LogP contribution in [-0.4, -0.2) is 48.7 Å². The highest BCUT2D eigenvalue weighted by Gasteiger charge is 2.35. The van der Waals surface area contributed by atoms with Crippen molar-refractivity contribution in [1.29, 1.82) is 0 Å². The molecule has 12 heteroatoms. The molecule has 1 N–H and O–H groups in total. The predicted octanol–water partition coefficient (Wildman–Crippen LogP) is 6.00. The minimum Gasteiger partial charge on any atom is -0.352 e. The fraction of sp³-hybridized carbons (Fsp3) is 0.235. The standard InChI is InChI=1S/C34H35ClN4O6S/c1-3-25(2)36-34(41)32(21-26-13-6-4-7-14-26)37(23-27-15-10-11-20-31(27)35)33(40)24-38(28-16-12-17-29(22-28)39(42)43)46(44,45)30-18-8-5-9-19-30/h4-20,22,25,32H,3,21,23-24H2,1-2H3,(H,36,41)/t25-,32+/m1/s1. The summed E-state index contributed by atoms with van der Waals surface area (Å²) in [4.78, 5) is 40.6. The fourth-order valence-electron chi connectivity index (χ4n) is 4.82. The molecule has 0 saturated heterocycles. The zero-order chi connectivity index (χ0) is 33.3. The van der Waals surface area contributed by atoms with E-state index < -0.39 is 39.3 Å². The second-order valence-electron chi connectivity index (χ2n) is 10.7. The van der Waals surface area contributed by atoms with Crippen molar-refractivity contribution in [2.45, 2.75) is 50.2 Å². The molecule has 0 bridgehead atoms. The maximum absolute atomic E-state index is 14.5. The Morgan fingerprint density at radius 1 is 0.913 bits per heavy atom. The summed E-state index contributed by atoms with van der Waals surface area (Å²) in [6, 6.07) is 27.4. The molecule has 4 aromatic carbocycles. The molecular formula is C34H35ClN4O6S. The molecule has 46 heavy (non-hydrogen) atoms. The van der Waals surface area contributed by atoms with Crippen LogP contribution in [0.4, 0.5) is 11.4 Å². The van der Waals surface area contributed by atoms with Crippen LogP contribution in [0.2, 0.25) is 5.02 Å². The molecule has 0 aliphatic heterocycles. The summed E-state index contributed by atoms with van der Waals surface area (Å²) in [5.41, 5.74) is 0.921. The number of nitro groups is 1. The van der Waals surface area contributed by atoms with Crippen LogP contribution >= 0.6 is 11.6 Å². The molecule has 240 valence electrons. The van der Waals surface area contributed by atoms with Gasteiger partial charge in [0, 0.05) is 36.2 Å². The Labute approximate surface area is 273 Å². The number of halogens is 1. The van der Waals surface area contributed by atoms with Crippen molar-refractivity contribution in [1.82, 2.24) is 10.2 Å². The summed E-state index contributed by atoms with van der Waals surface area (Å²) in [6.45, 7) is 2.94. The summed E-state index contributed by atoms with van der Waals surface area (Å²) >= 11 is 6.52. The van der Waals surface area contributed by atoms with Crippen LogP contribution in [-0.2, 0) is 32.6 Å². The fourth-order valence-corrected chi connectivity index (χ4v) is 6.44. The molecule has 0 fully saturated rings. The van der Waals surface area contributed by atoms with Crippen molar-refractivity contribution >= 4 is 44.8 Å². The zero-order valence-electron chi connectivity index (χ0n) is 25.5. The lowest BCUT2D eigenvalue weighted by atomic mass is 10.0. The van der Waals surface area contributed by atoms with E-state index in [1.165, 1.54) is 35.2 Å². The van der Waals surface area contributed by atoms with Gasteiger partial charge in [-0.1, -0.05) is 91.3 Å². The summed E-state index contributed by atoms with van der Waals surface area (Å²) in [5, 5.41) is 15.0.